The molecule has 0 radical (unpaired) electrons. The molecule has 0 amide bonds. The Morgan fingerprint density at radius 2 is 2.31 bits per heavy atom. The zero-order chi connectivity index (χ0) is 9.26. The van der Waals surface area contributed by atoms with Crippen LogP contribution in [0.15, 0.2) is 24.4 Å². The first-order chi connectivity index (χ1) is 6.31. The van der Waals surface area contributed by atoms with Gasteiger partial charge >= 0.3 is 0 Å². The molecule has 2 nitrogen and oxygen atoms in total. The van der Waals surface area contributed by atoms with Crippen molar-refractivity contribution in [3.8, 4) is 0 Å². The van der Waals surface area contributed by atoms with Gasteiger partial charge in [0.05, 0.1) is 0 Å². The van der Waals surface area contributed by atoms with Crippen LogP contribution >= 0.6 is 11.6 Å². The largest absolute Gasteiger partial charge is 0.361 e. The number of rotatable bonds is 2. The second-order valence-electron chi connectivity index (χ2n) is 2.87. The Labute approximate surface area is 80.5 Å². The Morgan fingerprint density at radius 3 is 3.08 bits per heavy atom. The van der Waals surface area contributed by atoms with Crippen LogP contribution in [0.4, 0.5) is 0 Å². The maximum absolute atomic E-state index is 10.4. The zero-order valence-electron chi connectivity index (χ0n) is 6.88. The van der Waals surface area contributed by atoms with E-state index in [0.29, 0.717) is 11.4 Å². The van der Waals surface area contributed by atoms with Gasteiger partial charge in [0.15, 0.2) is 0 Å². The smallest absolute Gasteiger partial charge is 0.124 e. The first kappa shape index (κ1) is 8.32. The van der Waals surface area contributed by atoms with Crippen molar-refractivity contribution in [3.05, 3.63) is 35.0 Å². The predicted molar refractivity (Wildman–Crippen MR) is 53.1 cm³/mol. The van der Waals surface area contributed by atoms with Crippen LogP contribution in [0.3, 0.4) is 0 Å². The quantitative estimate of drug-likeness (QED) is 0.731. The number of H-pyrrole nitrogens is 1. The summed E-state index contributed by atoms with van der Waals surface area (Å²) in [7, 11) is 0. The Bertz CT molecular complexity index is 447. The molecule has 0 aliphatic heterocycles. The number of carbonyl (C=O) groups excluding carboxylic acids is 1. The highest BCUT2D eigenvalue weighted by Crippen LogP contribution is 2.22. The topological polar surface area (TPSA) is 32.9 Å². The molecule has 0 aliphatic carbocycles. The van der Waals surface area contributed by atoms with E-state index in [-0.39, 0.29) is 0 Å². The Kier molecular flexibility index (Phi) is 2.07. The average Bonchev–Trinajstić information content (AvgIpc) is 2.49. The summed E-state index contributed by atoms with van der Waals surface area (Å²) in [4.78, 5) is 13.4. The normalized spacial score (nSPS) is 10.5. The summed E-state index contributed by atoms with van der Waals surface area (Å²) in [5.74, 6) is 0. The van der Waals surface area contributed by atoms with Gasteiger partial charge in [-0.3, -0.25) is 0 Å². The van der Waals surface area contributed by atoms with E-state index in [0.717, 1.165) is 22.8 Å². The van der Waals surface area contributed by atoms with Gasteiger partial charge in [0.25, 0.3) is 0 Å². The third-order valence-electron chi connectivity index (χ3n) is 2.03. The number of aldehydes is 1. The van der Waals surface area contributed by atoms with Gasteiger partial charge in [-0.15, -0.1) is 0 Å². The minimum Gasteiger partial charge on any atom is -0.361 e. The van der Waals surface area contributed by atoms with Crippen LogP contribution in [0.5, 0.6) is 0 Å². The third kappa shape index (κ3) is 1.45. The molecule has 0 unspecified atom stereocenters. The van der Waals surface area contributed by atoms with Crippen LogP contribution in [-0.2, 0) is 11.2 Å². The van der Waals surface area contributed by atoms with Gasteiger partial charge in [-0.1, -0.05) is 11.6 Å². The van der Waals surface area contributed by atoms with Crippen molar-refractivity contribution in [2.45, 2.75) is 6.42 Å². The SMILES string of the molecule is O=CCc1c[nH]c2ccc(Cl)cc12. The minimum atomic E-state index is 0.431. The summed E-state index contributed by atoms with van der Waals surface area (Å²) < 4.78 is 0. The molecule has 0 spiro atoms. The molecule has 0 fully saturated rings. The molecule has 0 atom stereocenters. The molecule has 13 heavy (non-hydrogen) atoms. The van der Waals surface area contributed by atoms with Gasteiger partial charge in [-0.05, 0) is 23.8 Å². The number of benzene rings is 1. The second-order valence-corrected chi connectivity index (χ2v) is 3.31. The molecule has 2 rings (SSSR count). The van der Waals surface area contributed by atoms with E-state index in [2.05, 4.69) is 4.98 Å². The molecule has 3 heteroatoms. The molecule has 0 aliphatic rings. The summed E-state index contributed by atoms with van der Waals surface area (Å²) >= 11 is 5.85. The monoisotopic (exact) mass is 193 g/mol. The fourth-order valence-electron chi connectivity index (χ4n) is 1.41. The van der Waals surface area contributed by atoms with Gasteiger partial charge in [0.2, 0.25) is 0 Å². The molecular formula is C10H8ClNO. The van der Waals surface area contributed by atoms with Crippen molar-refractivity contribution < 1.29 is 4.79 Å². The van der Waals surface area contributed by atoms with Crippen LogP contribution in [0, 0.1) is 0 Å². The summed E-state index contributed by atoms with van der Waals surface area (Å²) in [6.07, 6.45) is 3.17. The first-order valence-electron chi connectivity index (χ1n) is 4.00. The van der Waals surface area contributed by atoms with Crippen molar-refractivity contribution in [2.24, 2.45) is 0 Å². The molecule has 0 saturated heterocycles. The Balaban J connectivity index is 2.64. The molecule has 1 aromatic heterocycles. The lowest BCUT2D eigenvalue weighted by atomic mass is 10.1. The Hall–Kier alpha value is -1.28. The highest BCUT2D eigenvalue weighted by atomic mass is 35.5. The van der Waals surface area contributed by atoms with Crippen LogP contribution in [0.2, 0.25) is 5.02 Å². The Morgan fingerprint density at radius 1 is 1.46 bits per heavy atom. The molecule has 1 N–H and O–H groups in total. The van der Waals surface area contributed by atoms with Gasteiger partial charge in [-0.2, -0.15) is 0 Å². The van der Waals surface area contributed by atoms with Crippen LogP contribution < -0.4 is 0 Å². The van der Waals surface area contributed by atoms with Crippen LogP contribution in [0.25, 0.3) is 10.9 Å². The minimum absolute atomic E-state index is 0.431. The number of nitrogens with one attached hydrogen (secondary N) is 1. The predicted octanol–water partition coefficient (Wildman–Crippen LogP) is 2.56. The summed E-state index contributed by atoms with van der Waals surface area (Å²) in [6.45, 7) is 0. The first-order valence-corrected chi connectivity index (χ1v) is 4.38. The number of halogens is 1. The molecule has 2 aromatic rings. The van der Waals surface area contributed by atoms with Crippen molar-refractivity contribution in [1.82, 2.24) is 4.98 Å². The van der Waals surface area contributed by atoms with E-state index in [4.69, 9.17) is 11.6 Å². The van der Waals surface area contributed by atoms with E-state index in [9.17, 15) is 4.79 Å². The number of aromatic amines is 1. The molecule has 0 saturated carbocycles. The molecular weight excluding hydrogens is 186 g/mol. The molecule has 1 heterocycles. The lowest BCUT2D eigenvalue weighted by molar-refractivity contribution is -0.107. The number of aromatic nitrogens is 1. The van der Waals surface area contributed by atoms with Gasteiger partial charge in [0, 0.05) is 28.5 Å². The average molecular weight is 194 g/mol. The van der Waals surface area contributed by atoms with Crippen molar-refractivity contribution in [2.75, 3.05) is 0 Å². The van der Waals surface area contributed by atoms with Crippen molar-refractivity contribution >= 4 is 28.8 Å². The van der Waals surface area contributed by atoms with Crippen LogP contribution in [0.1, 0.15) is 5.56 Å². The third-order valence-corrected chi connectivity index (χ3v) is 2.27. The molecule has 0 bridgehead atoms. The molecule has 66 valence electrons. The van der Waals surface area contributed by atoms with Gasteiger partial charge in [-0.25, -0.2) is 0 Å². The lowest BCUT2D eigenvalue weighted by Gasteiger charge is -1.93. The fourth-order valence-corrected chi connectivity index (χ4v) is 1.58. The van der Waals surface area contributed by atoms with Crippen LogP contribution in [-0.4, -0.2) is 11.3 Å². The number of fused-ring (bicyclic) bond motifs is 1. The number of carbonyl (C=O) groups is 1. The highest BCUT2D eigenvalue weighted by molar-refractivity contribution is 6.31. The van der Waals surface area contributed by atoms with Gasteiger partial charge < -0.3 is 9.78 Å². The van der Waals surface area contributed by atoms with E-state index in [1.165, 1.54) is 0 Å². The number of hydrogen-bond acceptors (Lipinski definition) is 1. The summed E-state index contributed by atoms with van der Waals surface area (Å²) in [6, 6.07) is 5.60. The lowest BCUT2D eigenvalue weighted by Crippen LogP contribution is -1.81. The van der Waals surface area contributed by atoms with Crippen molar-refractivity contribution in [3.63, 3.8) is 0 Å². The van der Waals surface area contributed by atoms with E-state index in [1.807, 2.05) is 24.4 Å². The standard InChI is InChI=1S/C10H8ClNO/c11-8-1-2-10-9(5-8)7(3-4-13)6-12-10/h1-2,4-6,12H,3H2. The van der Waals surface area contributed by atoms with E-state index in [1.54, 1.807) is 0 Å². The maximum atomic E-state index is 10.4. The summed E-state index contributed by atoms with van der Waals surface area (Å²) in [5, 5.41) is 1.72. The summed E-state index contributed by atoms with van der Waals surface area (Å²) in [5.41, 5.74) is 2.01. The zero-order valence-corrected chi connectivity index (χ0v) is 7.64. The highest BCUT2D eigenvalue weighted by Gasteiger charge is 2.02. The maximum Gasteiger partial charge on any atom is 0.124 e. The van der Waals surface area contributed by atoms with E-state index < -0.39 is 0 Å². The van der Waals surface area contributed by atoms with Crippen molar-refractivity contribution in [1.29, 1.82) is 0 Å². The number of hydrogen-bond donors (Lipinski definition) is 1. The van der Waals surface area contributed by atoms with Gasteiger partial charge in [0.1, 0.15) is 6.29 Å². The van der Waals surface area contributed by atoms with E-state index >= 15 is 0 Å². The molecule has 1 aromatic carbocycles. The second kappa shape index (κ2) is 3.23. The fraction of sp³-hybridized carbons (Fsp3) is 0.100.